The minimum atomic E-state index is 0.0380. The molecule has 7 heteroatoms. The fourth-order valence-electron chi connectivity index (χ4n) is 1.82. The smallest absolute Gasteiger partial charge is 0.260 e. The average Bonchev–Trinajstić information content (AvgIpc) is 2.98. The Morgan fingerprint density at radius 2 is 2.53 bits per heavy atom. The van der Waals surface area contributed by atoms with Crippen LogP contribution in [0.15, 0.2) is 18.6 Å². The van der Waals surface area contributed by atoms with Gasteiger partial charge in [-0.15, -0.1) is 0 Å². The van der Waals surface area contributed by atoms with Gasteiger partial charge in [0.25, 0.3) is 5.88 Å². The van der Waals surface area contributed by atoms with Crippen molar-refractivity contribution in [3.63, 3.8) is 0 Å². The zero-order chi connectivity index (χ0) is 11.7. The summed E-state index contributed by atoms with van der Waals surface area (Å²) in [5, 5.41) is 0. The fourth-order valence-corrected chi connectivity index (χ4v) is 1.82. The second kappa shape index (κ2) is 4.19. The van der Waals surface area contributed by atoms with Crippen molar-refractivity contribution in [2.24, 2.45) is 5.84 Å². The highest BCUT2D eigenvalue weighted by atomic mass is 16.5. The SMILES string of the molecule is NNc1cn2ccnc2c(OC2CCOC2)n1. The van der Waals surface area contributed by atoms with Crippen molar-refractivity contribution in [2.75, 3.05) is 18.6 Å². The second-order valence-corrected chi connectivity index (χ2v) is 3.84. The minimum Gasteiger partial charge on any atom is -0.469 e. The van der Waals surface area contributed by atoms with Crippen molar-refractivity contribution in [3.05, 3.63) is 18.6 Å². The minimum absolute atomic E-state index is 0.0380. The molecule has 7 nitrogen and oxygen atoms in total. The van der Waals surface area contributed by atoms with Crippen LogP contribution < -0.4 is 16.0 Å². The van der Waals surface area contributed by atoms with Crippen LogP contribution in [-0.4, -0.2) is 33.7 Å². The average molecular weight is 235 g/mol. The lowest BCUT2D eigenvalue weighted by Crippen LogP contribution is -2.18. The fraction of sp³-hybridized carbons (Fsp3) is 0.400. The molecule has 1 saturated heterocycles. The van der Waals surface area contributed by atoms with Crippen molar-refractivity contribution in [1.82, 2.24) is 14.4 Å². The van der Waals surface area contributed by atoms with Crippen LogP contribution in [-0.2, 0) is 4.74 Å². The van der Waals surface area contributed by atoms with Crippen LogP contribution in [0.5, 0.6) is 5.88 Å². The van der Waals surface area contributed by atoms with Gasteiger partial charge in [0.15, 0.2) is 5.82 Å². The number of ether oxygens (including phenoxy) is 2. The molecule has 0 bridgehead atoms. The number of anilines is 1. The van der Waals surface area contributed by atoms with Crippen LogP contribution >= 0.6 is 0 Å². The first-order chi connectivity index (χ1) is 8.36. The topological polar surface area (TPSA) is 86.7 Å². The maximum Gasteiger partial charge on any atom is 0.260 e. The van der Waals surface area contributed by atoms with Gasteiger partial charge in [-0.1, -0.05) is 0 Å². The van der Waals surface area contributed by atoms with E-state index >= 15 is 0 Å². The molecule has 2 aromatic heterocycles. The normalized spacial score (nSPS) is 19.7. The molecule has 3 N–H and O–H groups in total. The molecule has 17 heavy (non-hydrogen) atoms. The Hall–Kier alpha value is -1.86. The van der Waals surface area contributed by atoms with Gasteiger partial charge in [-0.25, -0.2) is 10.8 Å². The molecule has 2 aromatic rings. The second-order valence-electron chi connectivity index (χ2n) is 3.84. The molecule has 1 unspecified atom stereocenters. The Bertz CT molecular complexity index is 520. The number of nitrogen functional groups attached to an aromatic ring is 1. The van der Waals surface area contributed by atoms with Gasteiger partial charge in [-0.2, -0.15) is 4.98 Å². The standard InChI is InChI=1S/C10H13N5O2/c11-14-8-5-15-3-2-12-9(15)10(13-8)17-7-1-4-16-6-7/h2-3,5,7,14H,1,4,6,11H2. The third kappa shape index (κ3) is 1.90. The van der Waals surface area contributed by atoms with Gasteiger partial charge in [-0.3, -0.25) is 4.40 Å². The summed E-state index contributed by atoms with van der Waals surface area (Å²) in [5.41, 5.74) is 3.18. The van der Waals surface area contributed by atoms with Crippen LogP contribution in [0, 0.1) is 0 Å². The van der Waals surface area contributed by atoms with Gasteiger partial charge in [0.2, 0.25) is 5.65 Å². The molecule has 0 radical (unpaired) electrons. The molecule has 3 rings (SSSR count). The zero-order valence-electron chi connectivity index (χ0n) is 9.17. The van der Waals surface area contributed by atoms with Crippen LogP contribution in [0.2, 0.25) is 0 Å². The number of hydrazine groups is 1. The zero-order valence-corrected chi connectivity index (χ0v) is 9.17. The molecule has 1 aliphatic rings. The number of imidazole rings is 1. The van der Waals surface area contributed by atoms with Crippen LogP contribution in [0.25, 0.3) is 5.65 Å². The maximum absolute atomic E-state index is 5.77. The van der Waals surface area contributed by atoms with Crippen LogP contribution in [0.1, 0.15) is 6.42 Å². The van der Waals surface area contributed by atoms with Crippen molar-refractivity contribution < 1.29 is 9.47 Å². The number of hydrogen-bond donors (Lipinski definition) is 2. The Balaban J connectivity index is 1.97. The van der Waals surface area contributed by atoms with E-state index in [-0.39, 0.29) is 6.10 Å². The molecule has 0 amide bonds. The number of nitrogens with two attached hydrogens (primary N) is 1. The molecule has 0 aromatic carbocycles. The number of nitrogens with zero attached hydrogens (tertiary/aromatic N) is 3. The lowest BCUT2D eigenvalue weighted by Gasteiger charge is -2.12. The van der Waals surface area contributed by atoms with E-state index in [1.54, 1.807) is 12.4 Å². The first-order valence-corrected chi connectivity index (χ1v) is 5.41. The highest BCUT2D eigenvalue weighted by molar-refractivity contribution is 5.53. The van der Waals surface area contributed by atoms with E-state index in [9.17, 15) is 0 Å². The summed E-state index contributed by atoms with van der Waals surface area (Å²) in [5.74, 6) is 6.37. The van der Waals surface area contributed by atoms with E-state index < -0.39 is 0 Å². The summed E-state index contributed by atoms with van der Waals surface area (Å²) >= 11 is 0. The van der Waals surface area contributed by atoms with Crippen LogP contribution in [0.4, 0.5) is 5.82 Å². The monoisotopic (exact) mass is 235 g/mol. The molecular weight excluding hydrogens is 222 g/mol. The Kier molecular flexibility index (Phi) is 2.54. The van der Waals surface area contributed by atoms with E-state index in [1.807, 2.05) is 10.6 Å². The van der Waals surface area contributed by atoms with E-state index in [2.05, 4.69) is 15.4 Å². The lowest BCUT2D eigenvalue weighted by molar-refractivity contribution is 0.139. The summed E-state index contributed by atoms with van der Waals surface area (Å²) in [7, 11) is 0. The number of fused-ring (bicyclic) bond motifs is 1. The Morgan fingerprint density at radius 3 is 3.29 bits per heavy atom. The molecule has 0 aliphatic carbocycles. The molecule has 3 heterocycles. The van der Waals surface area contributed by atoms with Gasteiger partial charge in [0.05, 0.1) is 19.4 Å². The predicted octanol–water partition coefficient (Wildman–Crippen LogP) is 0.183. The van der Waals surface area contributed by atoms with Crippen LogP contribution in [0.3, 0.4) is 0 Å². The molecular formula is C10H13N5O2. The number of hydrogen-bond acceptors (Lipinski definition) is 6. The van der Waals surface area contributed by atoms with Crippen molar-refractivity contribution >= 4 is 11.5 Å². The summed E-state index contributed by atoms with van der Waals surface area (Å²) in [6.07, 6.45) is 6.16. The lowest BCUT2D eigenvalue weighted by atomic mass is 10.3. The predicted molar refractivity (Wildman–Crippen MR) is 60.6 cm³/mol. The van der Waals surface area contributed by atoms with E-state index in [4.69, 9.17) is 15.3 Å². The maximum atomic E-state index is 5.77. The third-order valence-electron chi connectivity index (χ3n) is 2.66. The quantitative estimate of drug-likeness (QED) is 0.583. The van der Waals surface area contributed by atoms with E-state index in [0.29, 0.717) is 24.0 Å². The molecule has 1 fully saturated rings. The van der Waals surface area contributed by atoms with Gasteiger partial charge >= 0.3 is 0 Å². The highest BCUT2D eigenvalue weighted by Crippen LogP contribution is 2.21. The highest BCUT2D eigenvalue weighted by Gasteiger charge is 2.20. The van der Waals surface area contributed by atoms with Crippen molar-refractivity contribution in [3.8, 4) is 5.88 Å². The van der Waals surface area contributed by atoms with Gasteiger partial charge in [-0.05, 0) is 0 Å². The van der Waals surface area contributed by atoms with E-state index in [0.717, 1.165) is 13.0 Å². The Labute approximate surface area is 97.5 Å². The van der Waals surface area contributed by atoms with Gasteiger partial charge < -0.3 is 14.9 Å². The molecule has 0 saturated carbocycles. The largest absolute Gasteiger partial charge is 0.469 e. The molecule has 0 spiro atoms. The number of rotatable bonds is 3. The van der Waals surface area contributed by atoms with Gasteiger partial charge in [0, 0.05) is 18.8 Å². The van der Waals surface area contributed by atoms with Gasteiger partial charge in [0.1, 0.15) is 6.10 Å². The first kappa shape index (κ1) is 10.3. The summed E-state index contributed by atoms with van der Waals surface area (Å²) in [6.45, 7) is 1.32. The number of aromatic nitrogens is 3. The molecule has 90 valence electrons. The summed E-state index contributed by atoms with van der Waals surface area (Å²) < 4.78 is 12.8. The third-order valence-corrected chi connectivity index (χ3v) is 2.66. The Morgan fingerprint density at radius 1 is 1.59 bits per heavy atom. The van der Waals surface area contributed by atoms with Crippen molar-refractivity contribution in [1.29, 1.82) is 0 Å². The summed E-state index contributed by atoms with van der Waals surface area (Å²) in [6, 6.07) is 0. The first-order valence-electron chi connectivity index (χ1n) is 5.41. The molecule has 1 atom stereocenters. The summed E-state index contributed by atoms with van der Waals surface area (Å²) in [4.78, 5) is 8.46. The van der Waals surface area contributed by atoms with Crippen molar-refractivity contribution in [2.45, 2.75) is 12.5 Å². The van der Waals surface area contributed by atoms with E-state index in [1.165, 1.54) is 0 Å². The number of nitrogens with one attached hydrogen (secondary N) is 1. The molecule has 1 aliphatic heterocycles.